The number of nitrogens with two attached hydrogens (primary N) is 1. The van der Waals surface area contributed by atoms with Gasteiger partial charge in [-0.15, -0.1) is 0 Å². The Morgan fingerprint density at radius 3 is 2.17 bits per heavy atom. The number of thiol groups is 1. The zero-order chi connectivity index (χ0) is 18.0. The smallest absolute Gasteiger partial charge is 0.327 e. The second-order valence-corrected chi connectivity index (χ2v) is 7.01. The number of hydrogen-bond acceptors (Lipinski definition) is 6. The average molecular weight is 366 g/mol. The van der Waals surface area contributed by atoms with Crippen molar-refractivity contribution in [3.63, 3.8) is 0 Å². The van der Waals surface area contributed by atoms with Gasteiger partial charge >= 0.3 is 5.97 Å². The molecule has 0 bridgehead atoms. The van der Waals surface area contributed by atoms with Gasteiger partial charge < -0.3 is 21.5 Å². The lowest BCUT2D eigenvalue weighted by molar-refractivity contribution is -0.141. The van der Waals surface area contributed by atoms with Gasteiger partial charge in [-0.3, -0.25) is 9.59 Å². The highest BCUT2D eigenvalue weighted by atomic mass is 32.2. The molecule has 0 spiro atoms. The summed E-state index contributed by atoms with van der Waals surface area (Å²) in [4.78, 5) is 35.3. The molecule has 0 aromatic rings. The molecule has 0 aliphatic rings. The molecule has 0 aromatic heterocycles. The monoisotopic (exact) mass is 365 g/mol. The van der Waals surface area contributed by atoms with Crippen LogP contribution in [0.2, 0.25) is 0 Å². The summed E-state index contributed by atoms with van der Waals surface area (Å²) in [5.74, 6) is -1.23. The lowest BCUT2D eigenvalue weighted by Crippen LogP contribution is -2.55. The molecule has 0 unspecified atom stereocenters. The van der Waals surface area contributed by atoms with Crippen LogP contribution >= 0.6 is 24.4 Å². The molecule has 0 rings (SSSR count). The van der Waals surface area contributed by atoms with Gasteiger partial charge in [-0.25, -0.2) is 4.79 Å². The molecule has 0 radical (unpaired) electrons. The third-order valence-corrected chi connectivity index (χ3v) is 4.11. The van der Waals surface area contributed by atoms with Crippen molar-refractivity contribution in [3.8, 4) is 0 Å². The van der Waals surface area contributed by atoms with Crippen LogP contribution in [0.4, 0.5) is 0 Å². The Labute approximate surface area is 146 Å². The summed E-state index contributed by atoms with van der Waals surface area (Å²) in [6, 6.07) is -2.60. The highest BCUT2D eigenvalue weighted by Crippen LogP contribution is 2.06. The minimum atomic E-state index is -1.17. The van der Waals surface area contributed by atoms with Gasteiger partial charge in [0, 0.05) is 5.75 Å². The molecule has 5 N–H and O–H groups in total. The number of thioether (sulfide) groups is 1. The van der Waals surface area contributed by atoms with Gasteiger partial charge in [0.25, 0.3) is 0 Å². The Hall–Kier alpha value is -0.930. The molecule has 7 nitrogen and oxygen atoms in total. The summed E-state index contributed by atoms with van der Waals surface area (Å²) in [6.07, 6.45) is 2.79. The number of amides is 2. The van der Waals surface area contributed by atoms with Gasteiger partial charge in [-0.05, 0) is 30.8 Å². The normalized spacial score (nSPS) is 14.9. The molecule has 9 heteroatoms. The first kappa shape index (κ1) is 22.1. The maximum Gasteiger partial charge on any atom is 0.327 e. The molecule has 0 heterocycles. The van der Waals surface area contributed by atoms with Crippen molar-refractivity contribution in [3.05, 3.63) is 0 Å². The van der Waals surface area contributed by atoms with Crippen LogP contribution in [-0.2, 0) is 14.4 Å². The molecule has 134 valence electrons. The zero-order valence-electron chi connectivity index (χ0n) is 13.7. The molecule has 0 aliphatic carbocycles. The summed E-state index contributed by atoms with van der Waals surface area (Å²) < 4.78 is 0. The Bertz CT molecular complexity index is 407. The SMILES string of the molecule is CSCC[C@H](NC(=O)[C@@H](N)CC(C)C)C(=O)N[C@@H](CS)C(=O)O. The van der Waals surface area contributed by atoms with E-state index in [1.165, 1.54) is 11.8 Å². The lowest BCUT2D eigenvalue weighted by Gasteiger charge is -2.22. The van der Waals surface area contributed by atoms with Crippen molar-refractivity contribution in [1.82, 2.24) is 10.6 Å². The minimum Gasteiger partial charge on any atom is -0.480 e. The van der Waals surface area contributed by atoms with Crippen LogP contribution in [0, 0.1) is 5.92 Å². The molecular formula is C14H27N3O4S2. The van der Waals surface area contributed by atoms with Crippen molar-refractivity contribution in [2.75, 3.05) is 17.8 Å². The summed E-state index contributed by atoms with van der Waals surface area (Å²) in [5.41, 5.74) is 5.82. The highest BCUT2D eigenvalue weighted by molar-refractivity contribution is 7.98. The first-order chi connectivity index (χ1) is 10.7. The quantitative estimate of drug-likeness (QED) is 0.331. The average Bonchev–Trinajstić information content (AvgIpc) is 2.47. The Morgan fingerprint density at radius 1 is 1.17 bits per heavy atom. The van der Waals surface area contributed by atoms with Crippen LogP contribution in [0.1, 0.15) is 26.7 Å². The van der Waals surface area contributed by atoms with E-state index < -0.39 is 35.9 Å². The summed E-state index contributed by atoms with van der Waals surface area (Å²) in [5, 5.41) is 14.0. The lowest BCUT2D eigenvalue weighted by atomic mass is 10.0. The van der Waals surface area contributed by atoms with E-state index in [0.717, 1.165) is 0 Å². The van der Waals surface area contributed by atoms with E-state index in [4.69, 9.17) is 10.8 Å². The van der Waals surface area contributed by atoms with Gasteiger partial charge in [-0.1, -0.05) is 13.8 Å². The number of carboxylic acid groups (broad SMARTS) is 1. The summed E-state index contributed by atoms with van der Waals surface area (Å²) in [6.45, 7) is 3.91. The molecule has 0 saturated heterocycles. The van der Waals surface area contributed by atoms with Crippen LogP contribution in [0.25, 0.3) is 0 Å². The summed E-state index contributed by atoms with van der Waals surface area (Å²) >= 11 is 5.43. The van der Waals surface area contributed by atoms with Crippen molar-refractivity contribution < 1.29 is 19.5 Å². The second-order valence-electron chi connectivity index (χ2n) is 5.66. The van der Waals surface area contributed by atoms with Crippen LogP contribution in [0.15, 0.2) is 0 Å². The zero-order valence-corrected chi connectivity index (χ0v) is 15.5. The maximum absolute atomic E-state index is 12.2. The third-order valence-electron chi connectivity index (χ3n) is 3.10. The number of nitrogens with one attached hydrogen (secondary N) is 2. The fraction of sp³-hybridized carbons (Fsp3) is 0.786. The largest absolute Gasteiger partial charge is 0.480 e. The molecule has 23 heavy (non-hydrogen) atoms. The minimum absolute atomic E-state index is 0.0306. The second kappa shape index (κ2) is 11.6. The Morgan fingerprint density at radius 2 is 1.74 bits per heavy atom. The molecule has 0 saturated carbocycles. The Balaban J connectivity index is 4.82. The molecule has 0 aliphatic heterocycles. The predicted octanol–water partition coefficient (Wildman–Crippen LogP) is 0.0969. The number of carboxylic acids is 1. The van der Waals surface area contributed by atoms with Gasteiger partial charge in [-0.2, -0.15) is 24.4 Å². The first-order valence-corrected chi connectivity index (χ1v) is 9.44. The molecular weight excluding hydrogens is 338 g/mol. The van der Waals surface area contributed by atoms with E-state index in [-0.39, 0.29) is 11.7 Å². The molecule has 3 atom stereocenters. The molecule has 2 amide bonds. The summed E-state index contributed by atoms with van der Waals surface area (Å²) in [7, 11) is 0. The van der Waals surface area contributed by atoms with Crippen molar-refractivity contribution in [1.29, 1.82) is 0 Å². The number of rotatable bonds is 11. The van der Waals surface area contributed by atoms with E-state index >= 15 is 0 Å². The predicted molar refractivity (Wildman–Crippen MR) is 95.8 cm³/mol. The maximum atomic E-state index is 12.2. The number of aliphatic carboxylic acids is 1. The van der Waals surface area contributed by atoms with E-state index in [2.05, 4.69) is 23.3 Å². The third kappa shape index (κ3) is 9.07. The van der Waals surface area contributed by atoms with E-state index in [9.17, 15) is 14.4 Å². The van der Waals surface area contributed by atoms with Crippen LogP contribution in [0.3, 0.4) is 0 Å². The van der Waals surface area contributed by atoms with Gasteiger partial charge in [0.05, 0.1) is 6.04 Å². The van der Waals surface area contributed by atoms with Crippen LogP contribution in [0.5, 0.6) is 0 Å². The van der Waals surface area contributed by atoms with E-state index in [1.807, 2.05) is 20.1 Å². The Kier molecular flexibility index (Phi) is 11.1. The molecule has 0 fully saturated rings. The topological polar surface area (TPSA) is 122 Å². The fourth-order valence-corrected chi connectivity index (χ4v) is 2.57. The van der Waals surface area contributed by atoms with Gasteiger partial charge in [0.1, 0.15) is 12.1 Å². The van der Waals surface area contributed by atoms with Gasteiger partial charge in [0.2, 0.25) is 11.8 Å². The van der Waals surface area contributed by atoms with Crippen molar-refractivity contribution in [2.45, 2.75) is 44.8 Å². The van der Waals surface area contributed by atoms with Crippen molar-refractivity contribution in [2.24, 2.45) is 11.7 Å². The van der Waals surface area contributed by atoms with Crippen molar-refractivity contribution >= 4 is 42.2 Å². The van der Waals surface area contributed by atoms with E-state index in [0.29, 0.717) is 18.6 Å². The number of hydrogen-bond donors (Lipinski definition) is 5. The van der Waals surface area contributed by atoms with E-state index in [1.54, 1.807) is 0 Å². The number of carbonyl (C=O) groups excluding carboxylic acids is 2. The number of carbonyl (C=O) groups is 3. The van der Waals surface area contributed by atoms with Crippen LogP contribution in [-0.4, -0.2) is 58.8 Å². The fourth-order valence-electron chi connectivity index (χ4n) is 1.86. The first-order valence-electron chi connectivity index (χ1n) is 7.41. The molecule has 0 aromatic carbocycles. The highest BCUT2D eigenvalue weighted by Gasteiger charge is 2.27. The van der Waals surface area contributed by atoms with Crippen LogP contribution < -0.4 is 16.4 Å². The van der Waals surface area contributed by atoms with Gasteiger partial charge in [0.15, 0.2) is 0 Å². The standard InChI is InChI=1S/C14H27N3O4S2/c1-8(2)6-9(15)12(18)16-10(4-5-23-3)13(19)17-11(7-22)14(20)21/h8-11,22H,4-7,15H2,1-3H3,(H,16,18)(H,17,19)(H,20,21)/t9-,10-,11-/m0/s1.